The molecular weight excluding hydrogens is 628 g/mol. The molecule has 12 heteroatoms. The fourth-order valence-corrected chi connectivity index (χ4v) is 7.03. The van der Waals surface area contributed by atoms with Crippen molar-refractivity contribution in [3.8, 4) is 5.69 Å². The third kappa shape index (κ3) is 6.75. The summed E-state index contributed by atoms with van der Waals surface area (Å²) in [5.41, 5.74) is 2.45. The van der Waals surface area contributed by atoms with Crippen molar-refractivity contribution >= 4 is 61.6 Å². The van der Waals surface area contributed by atoms with Crippen LogP contribution in [0.2, 0.25) is 15.1 Å². The van der Waals surface area contributed by atoms with Gasteiger partial charge in [0.1, 0.15) is 5.82 Å². The van der Waals surface area contributed by atoms with Crippen LogP contribution in [0.3, 0.4) is 0 Å². The van der Waals surface area contributed by atoms with Crippen molar-refractivity contribution in [2.45, 2.75) is 55.0 Å². The smallest absolute Gasteiger partial charge is 0.340 e. The summed E-state index contributed by atoms with van der Waals surface area (Å²) < 4.78 is 41.6. The van der Waals surface area contributed by atoms with Crippen LogP contribution in [0, 0.1) is 5.82 Å². The van der Waals surface area contributed by atoms with Gasteiger partial charge in [0, 0.05) is 22.9 Å². The topological polar surface area (TPSA) is 81.1 Å². The Bertz CT molecular complexity index is 1710. The van der Waals surface area contributed by atoms with E-state index in [2.05, 4.69) is 10.3 Å². The summed E-state index contributed by atoms with van der Waals surface area (Å²) in [7, 11) is -4.35. The number of thioether (sulfide) groups is 1. The van der Waals surface area contributed by atoms with Crippen LogP contribution in [-0.2, 0) is 21.0 Å². The van der Waals surface area contributed by atoms with Crippen LogP contribution < -0.4 is 5.32 Å². The van der Waals surface area contributed by atoms with E-state index in [0.29, 0.717) is 32.2 Å². The summed E-state index contributed by atoms with van der Waals surface area (Å²) in [6.07, 6.45) is 1.75. The highest BCUT2D eigenvalue weighted by Crippen LogP contribution is 2.39. The molecule has 0 fully saturated rings. The van der Waals surface area contributed by atoms with Crippen molar-refractivity contribution in [2.75, 3.05) is 0 Å². The molecule has 1 heterocycles. The lowest BCUT2D eigenvalue weighted by atomic mass is 9.81. The predicted molar refractivity (Wildman–Crippen MR) is 164 cm³/mol. The molecular formula is C29H27Cl3FN3O3S2. The summed E-state index contributed by atoms with van der Waals surface area (Å²) >= 11 is 20.0. The van der Waals surface area contributed by atoms with Gasteiger partial charge in [-0.25, -0.2) is 17.8 Å². The number of halogens is 4. The second kappa shape index (κ2) is 12.4. The summed E-state index contributed by atoms with van der Waals surface area (Å²) in [4.78, 5) is 16.8. The highest BCUT2D eigenvalue weighted by atomic mass is 35.5. The Kier molecular flexibility index (Phi) is 9.45. The molecule has 4 aromatic rings. The zero-order valence-corrected chi connectivity index (χ0v) is 26.5. The summed E-state index contributed by atoms with van der Waals surface area (Å²) in [6.45, 7) is 7.39. The zero-order chi connectivity index (χ0) is 30.1. The van der Waals surface area contributed by atoms with Gasteiger partial charge in [0.2, 0.25) is 0 Å². The normalized spacial score (nSPS) is 12.1. The number of sulfone groups is 1. The molecule has 0 radical (unpaired) electrons. The molecule has 0 aliphatic rings. The van der Waals surface area contributed by atoms with E-state index in [1.807, 2.05) is 30.5 Å². The molecule has 1 aromatic heterocycles. The van der Waals surface area contributed by atoms with Gasteiger partial charge in [-0.1, -0.05) is 72.5 Å². The fourth-order valence-electron chi connectivity index (χ4n) is 4.15. The van der Waals surface area contributed by atoms with Crippen molar-refractivity contribution in [3.63, 3.8) is 0 Å². The number of carbonyl (C=O) groups is 1. The maximum atomic E-state index is 13.8. The number of hydrogen-bond donors (Lipinski definition) is 1. The molecule has 0 saturated carbocycles. The summed E-state index contributed by atoms with van der Waals surface area (Å²) in [5, 5.41) is 2.72. The van der Waals surface area contributed by atoms with E-state index in [0.717, 1.165) is 11.3 Å². The second-order valence-electron chi connectivity index (χ2n) is 10.1. The van der Waals surface area contributed by atoms with Crippen molar-refractivity contribution in [1.29, 1.82) is 0 Å². The molecule has 4 rings (SSSR count). The minimum absolute atomic E-state index is 0.0453. The van der Waals surface area contributed by atoms with Gasteiger partial charge in [0.15, 0.2) is 5.16 Å². The van der Waals surface area contributed by atoms with Crippen molar-refractivity contribution < 1.29 is 17.6 Å². The van der Waals surface area contributed by atoms with E-state index < -0.39 is 20.5 Å². The molecule has 1 N–H and O–H groups in total. The Hall–Kier alpha value is -2.56. The van der Waals surface area contributed by atoms with Gasteiger partial charge in [-0.15, -0.1) is 0 Å². The van der Waals surface area contributed by atoms with Crippen LogP contribution in [0.4, 0.5) is 9.18 Å². The molecule has 1 amide bonds. The first kappa shape index (κ1) is 31.4. The Balaban J connectivity index is 1.72. The Morgan fingerprint density at radius 3 is 2.29 bits per heavy atom. The zero-order valence-electron chi connectivity index (χ0n) is 22.6. The molecule has 0 spiro atoms. The first-order chi connectivity index (χ1) is 19.2. The molecule has 0 saturated heterocycles. The minimum Gasteiger partial charge on any atom is -0.340 e. The van der Waals surface area contributed by atoms with E-state index in [4.69, 9.17) is 34.8 Å². The van der Waals surface area contributed by atoms with Crippen LogP contribution in [0.5, 0.6) is 0 Å². The predicted octanol–water partition coefficient (Wildman–Crippen LogP) is 8.48. The monoisotopic (exact) mass is 653 g/mol. The summed E-state index contributed by atoms with van der Waals surface area (Å²) in [6, 6.07) is 15.7. The lowest BCUT2D eigenvalue weighted by Gasteiger charge is -2.28. The number of nitrogens with one attached hydrogen (secondary N) is 1. The lowest BCUT2D eigenvalue weighted by Crippen LogP contribution is -2.34. The van der Waals surface area contributed by atoms with Crippen LogP contribution >= 0.6 is 46.6 Å². The number of aromatic nitrogens is 2. The number of nitrogens with zero attached hydrogens (tertiary/aromatic N) is 2. The number of hydrogen-bond acceptors (Lipinski definition) is 5. The number of imidazole rings is 1. The third-order valence-electron chi connectivity index (χ3n) is 6.40. The molecule has 0 aliphatic carbocycles. The molecule has 3 aromatic carbocycles. The lowest BCUT2D eigenvalue weighted by molar-refractivity contribution is 0.256. The highest BCUT2D eigenvalue weighted by Gasteiger charge is 2.31. The number of rotatable bonds is 8. The van der Waals surface area contributed by atoms with Crippen molar-refractivity contribution in [2.24, 2.45) is 0 Å². The second-order valence-corrected chi connectivity index (χ2v) is 14.1. The van der Waals surface area contributed by atoms with E-state index in [1.165, 1.54) is 36.0 Å². The van der Waals surface area contributed by atoms with Gasteiger partial charge in [0.25, 0.3) is 9.84 Å². The first-order valence-electron chi connectivity index (χ1n) is 12.5. The van der Waals surface area contributed by atoms with Gasteiger partial charge < -0.3 is 5.32 Å². The first-order valence-corrected chi connectivity index (χ1v) is 16.1. The van der Waals surface area contributed by atoms with Crippen LogP contribution in [-0.4, -0.2) is 29.2 Å². The number of carbonyl (C=O) groups excluding carboxylic acids is 1. The van der Waals surface area contributed by atoms with E-state index >= 15 is 0 Å². The highest BCUT2D eigenvalue weighted by molar-refractivity contribution is 8.06. The molecule has 41 heavy (non-hydrogen) atoms. The van der Waals surface area contributed by atoms with E-state index in [1.54, 1.807) is 44.3 Å². The Morgan fingerprint density at radius 2 is 1.66 bits per heavy atom. The Labute approximate surface area is 258 Å². The van der Waals surface area contributed by atoms with Gasteiger partial charge >= 0.3 is 5.24 Å². The third-order valence-corrected chi connectivity index (χ3v) is 10.1. The van der Waals surface area contributed by atoms with Gasteiger partial charge in [0.05, 0.1) is 31.9 Å². The number of amides is 1. The average Bonchev–Trinajstić information content (AvgIpc) is 3.34. The van der Waals surface area contributed by atoms with Crippen LogP contribution in [0.15, 0.2) is 76.9 Å². The molecule has 6 nitrogen and oxygen atoms in total. The fraction of sp³-hybridized carbons (Fsp3) is 0.241. The molecule has 216 valence electrons. The largest absolute Gasteiger partial charge is 0.341 e. The molecule has 0 unspecified atom stereocenters. The van der Waals surface area contributed by atoms with E-state index in [-0.39, 0.29) is 21.8 Å². The quantitative estimate of drug-likeness (QED) is 0.193. The minimum atomic E-state index is -4.35. The van der Waals surface area contributed by atoms with Crippen molar-refractivity contribution in [1.82, 2.24) is 14.9 Å². The Morgan fingerprint density at radius 1 is 1.00 bits per heavy atom. The molecule has 0 atom stereocenters. The molecule has 0 aliphatic heterocycles. The standard InChI is InChI=1S/C29H27Cl3FN3O3S2/c1-17(2)35-28(37)41(38,39)25-13-18(5-11-23(25)31)16-40-27-34-15-26(36(27)21-9-7-20(33)8-10-21)29(3,4)19-6-12-22(30)24(32)14-19/h5-15,17H,16H2,1-4H3,(H,35,37). The van der Waals surface area contributed by atoms with Crippen LogP contribution in [0.25, 0.3) is 5.69 Å². The van der Waals surface area contributed by atoms with Gasteiger partial charge in [-0.2, -0.15) is 0 Å². The maximum Gasteiger partial charge on any atom is 0.341 e. The van der Waals surface area contributed by atoms with Gasteiger partial charge in [-0.05, 0) is 73.5 Å². The summed E-state index contributed by atoms with van der Waals surface area (Å²) in [5.74, 6) is -0.0548. The average molecular weight is 655 g/mol. The van der Waals surface area contributed by atoms with E-state index in [9.17, 15) is 17.6 Å². The van der Waals surface area contributed by atoms with Crippen LogP contribution in [0.1, 0.15) is 44.5 Å². The number of benzene rings is 3. The van der Waals surface area contributed by atoms with Crippen molar-refractivity contribution in [3.05, 3.63) is 105 Å². The van der Waals surface area contributed by atoms with Gasteiger partial charge in [-0.3, -0.25) is 9.36 Å². The maximum absolute atomic E-state index is 13.8. The molecule has 0 bridgehead atoms. The SMILES string of the molecule is CC(C)NC(=O)S(=O)(=O)c1cc(CSc2ncc(C(C)(C)c3ccc(Cl)c(Cl)c3)n2-c2ccc(F)cc2)ccc1Cl.